The van der Waals surface area contributed by atoms with Gasteiger partial charge in [-0.05, 0) is 28.4 Å². The maximum Gasteiger partial charge on any atom is 0.327 e. The van der Waals surface area contributed by atoms with Crippen molar-refractivity contribution in [1.82, 2.24) is 9.47 Å². The van der Waals surface area contributed by atoms with E-state index in [1.807, 2.05) is 6.92 Å². The number of halogens is 1. The largest absolute Gasteiger partial charge is 0.480 e. The highest BCUT2D eigenvalue weighted by molar-refractivity contribution is 9.10. The molecule has 0 aromatic carbocycles. The van der Waals surface area contributed by atoms with Gasteiger partial charge in [0.1, 0.15) is 11.7 Å². The zero-order valence-electron chi connectivity index (χ0n) is 10.7. The monoisotopic (exact) mass is 346 g/mol. The van der Waals surface area contributed by atoms with E-state index in [1.165, 1.54) is 16.7 Å². The van der Waals surface area contributed by atoms with Crippen LogP contribution in [-0.2, 0) is 11.8 Å². The Morgan fingerprint density at radius 1 is 1.58 bits per heavy atom. The summed E-state index contributed by atoms with van der Waals surface area (Å²) < 4.78 is 2.52. The molecular weight excluding hydrogens is 332 g/mol. The van der Waals surface area contributed by atoms with Crippen molar-refractivity contribution in [3.05, 3.63) is 22.4 Å². The molecule has 0 bridgehead atoms. The first kappa shape index (κ1) is 14.5. The SMILES string of the molecule is CCC1SCC(C(=O)O)N1C(=O)c1cc(Br)cn1C. The van der Waals surface area contributed by atoms with Crippen LogP contribution in [0.5, 0.6) is 0 Å². The molecule has 2 rings (SSSR count). The Labute approximate surface area is 124 Å². The summed E-state index contributed by atoms with van der Waals surface area (Å²) in [5.74, 6) is -0.715. The smallest absolute Gasteiger partial charge is 0.327 e. The Kier molecular flexibility index (Phi) is 4.25. The van der Waals surface area contributed by atoms with Crippen LogP contribution in [0.25, 0.3) is 0 Å². The van der Waals surface area contributed by atoms with E-state index in [4.69, 9.17) is 0 Å². The Morgan fingerprint density at radius 2 is 2.26 bits per heavy atom. The summed E-state index contributed by atoms with van der Waals surface area (Å²) in [6.07, 6.45) is 2.53. The molecule has 19 heavy (non-hydrogen) atoms. The van der Waals surface area contributed by atoms with Crippen LogP contribution in [-0.4, -0.2) is 43.6 Å². The number of thioether (sulfide) groups is 1. The van der Waals surface area contributed by atoms with Crippen molar-refractivity contribution >= 4 is 39.6 Å². The lowest BCUT2D eigenvalue weighted by atomic mass is 10.2. The highest BCUT2D eigenvalue weighted by atomic mass is 79.9. The number of aromatic nitrogens is 1. The van der Waals surface area contributed by atoms with Gasteiger partial charge in [0.2, 0.25) is 0 Å². The number of amides is 1. The molecule has 104 valence electrons. The zero-order chi connectivity index (χ0) is 14.2. The first-order valence-electron chi connectivity index (χ1n) is 5.94. The molecule has 2 unspecified atom stereocenters. The van der Waals surface area contributed by atoms with Gasteiger partial charge in [0.25, 0.3) is 5.91 Å². The molecule has 2 heterocycles. The predicted octanol–water partition coefficient (Wildman–Crippen LogP) is 2.17. The third-order valence-electron chi connectivity index (χ3n) is 3.15. The summed E-state index contributed by atoms with van der Waals surface area (Å²) in [6, 6.07) is 0.979. The standard InChI is InChI=1S/C12H15BrN2O3S/c1-3-10-15(9(6-19-10)12(17)18)11(16)8-4-7(13)5-14(8)2/h4-5,9-10H,3,6H2,1-2H3,(H,17,18). The van der Waals surface area contributed by atoms with Crippen LogP contribution < -0.4 is 0 Å². The number of carboxylic acids is 1. The van der Waals surface area contributed by atoms with Crippen molar-refractivity contribution in [1.29, 1.82) is 0 Å². The summed E-state index contributed by atoms with van der Waals surface area (Å²) in [4.78, 5) is 25.3. The summed E-state index contributed by atoms with van der Waals surface area (Å²) in [5, 5.41) is 9.18. The van der Waals surface area contributed by atoms with E-state index in [0.29, 0.717) is 11.4 Å². The van der Waals surface area contributed by atoms with Crippen molar-refractivity contribution in [2.24, 2.45) is 7.05 Å². The first-order chi connectivity index (χ1) is 8.95. The van der Waals surface area contributed by atoms with Crippen molar-refractivity contribution < 1.29 is 14.7 Å². The molecule has 1 N–H and O–H groups in total. The molecular formula is C12H15BrN2O3S. The Balaban J connectivity index is 2.33. The van der Waals surface area contributed by atoms with E-state index >= 15 is 0 Å². The van der Waals surface area contributed by atoms with Gasteiger partial charge in [-0.2, -0.15) is 0 Å². The fourth-order valence-corrected chi connectivity index (χ4v) is 4.08. The van der Waals surface area contributed by atoms with E-state index in [1.54, 1.807) is 23.9 Å². The van der Waals surface area contributed by atoms with Crippen molar-refractivity contribution in [2.75, 3.05) is 5.75 Å². The molecule has 1 aliphatic heterocycles. The number of aryl methyl sites for hydroxylation is 1. The number of hydrogen-bond acceptors (Lipinski definition) is 3. The molecule has 1 aromatic rings. The fraction of sp³-hybridized carbons (Fsp3) is 0.500. The molecule has 0 aliphatic carbocycles. The lowest BCUT2D eigenvalue weighted by Crippen LogP contribution is -2.45. The highest BCUT2D eigenvalue weighted by Gasteiger charge is 2.41. The van der Waals surface area contributed by atoms with Crippen LogP contribution in [0.4, 0.5) is 0 Å². The highest BCUT2D eigenvalue weighted by Crippen LogP contribution is 2.33. The summed E-state index contributed by atoms with van der Waals surface area (Å²) in [6.45, 7) is 1.96. The zero-order valence-corrected chi connectivity index (χ0v) is 13.1. The molecule has 0 spiro atoms. The van der Waals surface area contributed by atoms with Gasteiger partial charge in [-0.1, -0.05) is 6.92 Å². The van der Waals surface area contributed by atoms with Gasteiger partial charge in [-0.3, -0.25) is 4.79 Å². The van der Waals surface area contributed by atoms with Crippen LogP contribution in [0.3, 0.4) is 0 Å². The number of carboxylic acid groups (broad SMARTS) is 1. The normalized spacial score (nSPS) is 22.8. The maximum absolute atomic E-state index is 12.6. The second-order valence-corrected chi connectivity index (χ2v) is 6.54. The summed E-state index contributed by atoms with van der Waals surface area (Å²) in [5.41, 5.74) is 0.499. The predicted molar refractivity (Wildman–Crippen MR) is 77.2 cm³/mol. The second-order valence-electron chi connectivity index (χ2n) is 4.42. The topological polar surface area (TPSA) is 62.5 Å². The quantitative estimate of drug-likeness (QED) is 0.910. The van der Waals surface area contributed by atoms with Gasteiger partial charge in [0, 0.05) is 23.5 Å². The van der Waals surface area contributed by atoms with E-state index in [0.717, 1.165) is 10.9 Å². The second kappa shape index (κ2) is 5.58. The Bertz CT molecular complexity index is 517. The van der Waals surface area contributed by atoms with Crippen LogP contribution in [0.1, 0.15) is 23.8 Å². The molecule has 1 saturated heterocycles. The van der Waals surface area contributed by atoms with Gasteiger partial charge in [0.15, 0.2) is 0 Å². The Hall–Kier alpha value is -0.950. The molecule has 1 aliphatic rings. The third kappa shape index (κ3) is 2.67. The summed E-state index contributed by atoms with van der Waals surface area (Å²) in [7, 11) is 1.78. The average molecular weight is 347 g/mol. The minimum absolute atomic E-state index is 0.0673. The van der Waals surface area contributed by atoms with E-state index < -0.39 is 12.0 Å². The minimum atomic E-state index is -0.940. The molecule has 1 aromatic heterocycles. The Morgan fingerprint density at radius 3 is 2.74 bits per heavy atom. The molecule has 1 fully saturated rings. The third-order valence-corrected chi connectivity index (χ3v) is 5.04. The van der Waals surface area contributed by atoms with E-state index in [9.17, 15) is 14.7 Å². The van der Waals surface area contributed by atoms with E-state index in [-0.39, 0.29) is 11.3 Å². The van der Waals surface area contributed by atoms with Crippen molar-refractivity contribution in [2.45, 2.75) is 24.8 Å². The lowest BCUT2D eigenvalue weighted by molar-refractivity contribution is -0.141. The van der Waals surface area contributed by atoms with Gasteiger partial charge < -0.3 is 14.6 Å². The van der Waals surface area contributed by atoms with Crippen LogP contribution >= 0.6 is 27.7 Å². The van der Waals surface area contributed by atoms with Crippen molar-refractivity contribution in [3.8, 4) is 0 Å². The molecule has 7 heteroatoms. The minimum Gasteiger partial charge on any atom is -0.480 e. The molecule has 0 saturated carbocycles. The molecule has 2 atom stereocenters. The number of carbonyl (C=O) groups is 2. The number of rotatable bonds is 3. The van der Waals surface area contributed by atoms with Gasteiger partial charge in [0.05, 0.1) is 5.37 Å². The van der Waals surface area contributed by atoms with Crippen LogP contribution in [0, 0.1) is 0 Å². The lowest BCUT2D eigenvalue weighted by Gasteiger charge is -2.26. The molecule has 5 nitrogen and oxygen atoms in total. The molecule has 0 radical (unpaired) electrons. The van der Waals surface area contributed by atoms with Crippen LogP contribution in [0.15, 0.2) is 16.7 Å². The van der Waals surface area contributed by atoms with Gasteiger partial charge >= 0.3 is 5.97 Å². The fourth-order valence-electron chi connectivity index (χ4n) is 2.21. The van der Waals surface area contributed by atoms with Gasteiger partial charge in [-0.25, -0.2) is 4.79 Å². The maximum atomic E-state index is 12.6. The first-order valence-corrected chi connectivity index (χ1v) is 7.78. The van der Waals surface area contributed by atoms with Gasteiger partial charge in [-0.15, -0.1) is 11.8 Å². The van der Waals surface area contributed by atoms with E-state index in [2.05, 4.69) is 15.9 Å². The number of nitrogens with zero attached hydrogens (tertiary/aromatic N) is 2. The van der Waals surface area contributed by atoms with Crippen LogP contribution in [0.2, 0.25) is 0 Å². The molecule has 1 amide bonds. The number of hydrogen-bond donors (Lipinski definition) is 1. The average Bonchev–Trinajstić information content (AvgIpc) is 2.91. The summed E-state index contributed by atoms with van der Waals surface area (Å²) >= 11 is 4.85. The van der Waals surface area contributed by atoms with Crippen molar-refractivity contribution in [3.63, 3.8) is 0 Å². The number of carbonyl (C=O) groups excluding carboxylic acids is 1. The number of aliphatic carboxylic acids is 1.